The summed E-state index contributed by atoms with van der Waals surface area (Å²) in [5.41, 5.74) is 12.1. The quantitative estimate of drug-likeness (QED) is 0.860. The van der Waals surface area contributed by atoms with E-state index in [9.17, 15) is 8.42 Å². The van der Waals surface area contributed by atoms with Gasteiger partial charge in [-0.25, -0.2) is 8.42 Å². The number of benzene rings is 2. The van der Waals surface area contributed by atoms with Crippen LogP contribution in [0.3, 0.4) is 0 Å². The first kappa shape index (κ1) is 16.0. The molecule has 3 rings (SSSR count). The van der Waals surface area contributed by atoms with E-state index in [-0.39, 0.29) is 17.4 Å². The van der Waals surface area contributed by atoms with Gasteiger partial charge in [-0.3, -0.25) is 0 Å². The van der Waals surface area contributed by atoms with Gasteiger partial charge < -0.3 is 16.2 Å². The summed E-state index contributed by atoms with van der Waals surface area (Å²) < 4.78 is 31.0. The van der Waals surface area contributed by atoms with Gasteiger partial charge in [0.05, 0.1) is 22.8 Å². The summed E-state index contributed by atoms with van der Waals surface area (Å²) in [7, 11) is -1.95. The number of nitrogens with two attached hydrogens (primary N) is 2. The molecule has 1 saturated carbocycles. The zero-order valence-electron chi connectivity index (χ0n) is 12.8. The van der Waals surface area contributed by atoms with E-state index in [1.54, 1.807) is 49.6 Å². The molecule has 6 heteroatoms. The van der Waals surface area contributed by atoms with E-state index in [1.165, 1.54) is 0 Å². The number of hydrogen-bond donors (Lipinski definition) is 2. The van der Waals surface area contributed by atoms with Crippen molar-refractivity contribution in [2.75, 3.05) is 13.7 Å². The highest BCUT2D eigenvalue weighted by Gasteiger charge is 2.68. The van der Waals surface area contributed by atoms with Crippen molar-refractivity contribution in [3.63, 3.8) is 0 Å². The average molecular weight is 332 g/mol. The van der Waals surface area contributed by atoms with Crippen molar-refractivity contribution in [2.45, 2.75) is 21.6 Å². The topological polar surface area (TPSA) is 95.4 Å². The van der Waals surface area contributed by atoms with Gasteiger partial charge in [0, 0.05) is 12.5 Å². The number of rotatable bonds is 5. The minimum atomic E-state index is -3.53. The third-order valence-electron chi connectivity index (χ3n) is 4.54. The van der Waals surface area contributed by atoms with Crippen LogP contribution in [0, 0.1) is 0 Å². The van der Waals surface area contributed by atoms with E-state index < -0.39 is 20.6 Å². The van der Waals surface area contributed by atoms with E-state index in [0.717, 1.165) is 5.56 Å². The highest BCUT2D eigenvalue weighted by Crippen LogP contribution is 2.55. The van der Waals surface area contributed by atoms with Crippen molar-refractivity contribution in [1.82, 2.24) is 0 Å². The maximum Gasteiger partial charge on any atom is 0.183 e. The molecule has 2 aromatic carbocycles. The minimum Gasteiger partial charge on any atom is -0.497 e. The van der Waals surface area contributed by atoms with E-state index in [1.807, 2.05) is 12.1 Å². The average Bonchev–Trinajstić information content (AvgIpc) is 3.23. The zero-order valence-corrected chi connectivity index (χ0v) is 13.7. The Kier molecular flexibility index (Phi) is 3.91. The fraction of sp³-hybridized carbons (Fsp3) is 0.294. The van der Waals surface area contributed by atoms with Crippen molar-refractivity contribution < 1.29 is 13.2 Å². The van der Waals surface area contributed by atoms with Crippen LogP contribution >= 0.6 is 0 Å². The number of ether oxygens (including phenoxy) is 1. The lowest BCUT2D eigenvalue weighted by Crippen LogP contribution is -2.39. The number of hydrogen-bond acceptors (Lipinski definition) is 5. The normalized spacial score (nSPS) is 26.7. The number of sulfone groups is 1. The highest BCUT2D eigenvalue weighted by atomic mass is 32.2. The van der Waals surface area contributed by atoms with Gasteiger partial charge in [-0.05, 0) is 29.8 Å². The van der Waals surface area contributed by atoms with Crippen LogP contribution in [0.5, 0.6) is 5.75 Å². The highest BCUT2D eigenvalue weighted by molar-refractivity contribution is 7.92. The van der Waals surface area contributed by atoms with Crippen LogP contribution in [0.25, 0.3) is 0 Å². The standard InChI is InChI=1S/C17H20N2O3S/c1-22-13-9-7-12(8-10-13)15-16(17(15,19)11-18)23(20,21)14-5-3-2-4-6-14/h2-10,15-16H,11,18-19H2,1H3/t15-,16-,17+/m1/s1. The second-order valence-electron chi connectivity index (χ2n) is 5.85. The molecule has 2 aromatic rings. The van der Waals surface area contributed by atoms with Gasteiger partial charge in [-0.15, -0.1) is 0 Å². The Labute approximate surface area is 136 Å². The summed E-state index contributed by atoms with van der Waals surface area (Å²) in [6.45, 7) is 0.112. The van der Waals surface area contributed by atoms with Gasteiger partial charge in [0.1, 0.15) is 5.75 Å². The van der Waals surface area contributed by atoms with Crippen molar-refractivity contribution in [3.05, 3.63) is 60.2 Å². The molecule has 0 saturated heterocycles. The first-order valence-electron chi connectivity index (χ1n) is 7.37. The molecule has 0 aromatic heterocycles. The fourth-order valence-corrected chi connectivity index (χ4v) is 5.53. The molecule has 0 unspecified atom stereocenters. The minimum absolute atomic E-state index is 0.112. The molecular weight excluding hydrogens is 312 g/mol. The zero-order chi connectivity index (χ0) is 16.7. The van der Waals surface area contributed by atoms with Gasteiger partial charge >= 0.3 is 0 Å². The van der Waals surface area contributed by atoms with Gasteiger partial charge in [0.2, 0.25) is 0 Å². The molecule has 5 nitrogen and oxygen atoms in total. The summed E-state index contributed by atoms with van der Waals surface area (Å²) >= 11 is 0. The smallest absolute Gasteiger partial charge is 0.183 e. The third-order valence-corrected chi connectivity index (χ3v) is 6.85. The van der Waals surface area contributed by atoms with Gasteiger partial charge in [-0.1, -0.05) is 30.3 Å². The second-order valence-corrected chi connectivity index (χ2v) is 7.92. The van der Waals surface area contributed by atoms with Gasteiger partial charge in [0.25, 0.3) is 0 Å². The molecule has 0 aliphatic heterocycles. The summed E-state index contributed by atoms with van der Waals surface area (Å²) in [5, 5.41) is -0.712. The Morgan fingerprint density at radius 3 is 2.22 bits per heavy atom. The Bertz CT molecular complexity index is 790. The van der Waals surface area contributed by atoms with Crippen LogP contribution in [0.15, 0.2) is 59.5 Å². The Hall–Kier alpha value is -1.89. The Morgan fingerprint density at radius 1 is 1.09 bits per heavy atom. The third kappa shape index (κ3) is 2.52. The van der Waals surface area contributed by atoms with Crippen molar-refractivity contribution in [3.8, 4) is 5.75 Å². The lowest BCUT2D eigenvalue weighted by molar-refractivity contribution is 0.414. The molecule has 0 spiro atoms. The van der Waals surface area contributed by atoms with Crippen LogP contribution in [0.2, 0.25) is 0 Å². The van der Waals surface area contributed by atoms with Gasteiger partial charge in [0.15, 0.2) is 9.84 Å². The molecule has 1 aliphatic rings. The summed E-state index contributed by atoms with van der Waals surface area (Å²) in [5.74, 6) is 0.399. The molecule has 0 heterocycles. The van der Waals surface area contributed by atoms with Crippen LogP contribution in [0.4, 0.5) is 0 Å². The van der Waals surface area contributed by atoms with Crippen LogP contribution in [-0.2, 0) is 9.84 Å². The van der Waals surface area contributed by atoms with Crippen LogP contribution < -0.4 is 16.2 Å². The summed E-state index contributed by atoms with van der Waals surface area (Å²) in [6, 6.07) is 15.7. The van der Waals surface area contributed by atoms with E-state index in [4.69, 9.17) is 16.2 Å². The molecule has 122 valence electrons. The van der Waals surface area contributed by atoms with E-state index in [0.29, 0.717) is 5.75 Å². The lowest BCUT2D eigenvalue weighted by atomic mass is 10.1. The molecule has 23 heavy (non-hydrogen) atoms. The van der Waals surface area contributed by atoms with Crippen molar-refractivity contribution in [1.29, 1.82) is 0 Å². The summed E-state index contributed by atoms with van der Waals surface area (Å²) in [6.07, 6.45) is 0. The lowest BCUT2D eigenvalue weighted by Gasteiger charge is -2.09. The molecule has 1 fully saturated rings. The largest absolute Gasteiger partial charge is 0.497 e. The maximum absolute atomic E-state index is 12.9. The van der Waals surface area contributed by atoms with Crippen molar-refractivity contribution in [2.24, 2.45) is 11.5 Å². The van der Waals surface area contributed by atoms with Gasteiger partial charge in [-0.2, -0.15) is 0 Å². The Morgan fingerprint density at radius 2 is 1.70 bits per heavy atom. The summed E-state index contributed by atoms with van der Waals surface area (Å²) in [4.78, 5) is 0.282. The molecule has 0 bridgehead atoms. The predicted molar refractivity (Wildman–Crippen MR) is 89.1 cm³/mol. The molecule has 4 N–H and O–H groups in total. The molecule has 0 amide bonds. The van der Waals surface area contributed by atoms with E-state index in [2.05, 4.69) is 0 Å². The predicted octanol–water partition coefficient (Wildman–Crippen LogP) is 1.29. The first-order chi connectivity index (χ1) is 10.9. The monoisotopic (exact) mass is 332 g/mol. The fourth-order valence-electron chi connectivity index (χ4n) is 3.19. The molecule has 1 aliphatic carbocycles. The second kappa shape index (κ2) is 5.63. The molecule has 3 atom stereocenters. The number of methoxy groups -OCH3 is 1. The SMILES string of the molecule is COc1ccc([C@@H]2[C@@H](S(=O)(=O)c3ccccc3)[C@]2(N)CN)cc1. The molecular formula is C17H20N2O3S. The molecule has 0 radical (unpaired) electrons. The van der Waals surface area contributed by atoms with Crippen LogP contribution in [0.1, 0.15) is 11.5 Å². The maximum atomic E-state index is 12.9. The Balaban J connectivity index is 1.98. The van der Waals surface area contributed by atoms with Crippen molar-refractivity contribution >= 4 is 9.84 Å². The van der Waals surface area contributed by atoms with E-state index >= 15 is 0 Å². The van der Waals surface area contributed by atoms with Crippen LogP contribution in [-0.4, -0.2) is 32.9 Å². The first-order valence-corrected chi connectivity index (χ1v) is 8.91.